The number of carboxylic acids is 1. The van der Waals surface area contributed by atoms with Crippen LogP contribution in [0.1, 0.15) is 16.8 Å². The van der Waals surface area contributed by atoms with E-state index in [0.717, 1.165) is 0 Å². The number of fused-ring (bicyclic) bond motifs is 1. The van der Waals surface area contributed by atoms with Crippen LogP contribution in [-0.4, -0.2) is 44.4 Å². The van der Waals surface area contributed by atoms with Gasteiger partial charge in [-0.25, -0.2) is 9.31 Å². The number of aliphatic hydroxyl groups excluding tert-OH is 1. The number of hydrogen-bond acceptors (Lipinski definition) is 4. The molecule has 0 spiro atoms. The van der Waals surface area contributed by atoms with Gasteiger partial charge >= 0.3 is 5.97 Å². The molecule has 0 saturated carbocycles. The molecule has 2 aromatic rings. The van der Waals surface area contributed by atoms with Crippen molar-refractivity contribution in [2.24, 2.45) is 0 Å². The average molecular weight is 263 g/mol. The molecule has 0 radical (unpaired) electrons. The van der Waals surface area contributed by atoms with E-state index in [4.69, 9.17) is 10.2 Å². The summed E-state index contributed by atoms with van der Waals surface area (Å²) >= 11 is 0. The summed E-state index contributed by atoms with van der Waals surface area (Å²) in [6.07, 6.45) is 1.66. The van der Waals surface area contributed by atoms with Crippen molar-refractivity contribution in [3.05, 3.63) is 36.2 Å². The summed E-state index contributed by atoms with van der Waals surface area (Å²) in [4.78, 5) is 22.3. The number of nitrogens with zero attached hydrogens (tertiary/aromatic N) is 2. The molecule has 1 amide bonds. The lowest BCUT2D eigenvalue weighted by molar-refractivity contribution is -0.146. The second-order valence-electron chi connectivity index (χ2n) is 3.99. The van der Waals surface area contributed by atoms with Crippen molar-refractivity contribution in [1.82, 2.24) is 14.9 Å². The van der Waals surface area contributed by atoms with Crippen LogP contribution in [0.25, 0.3) is 5.52 Å². The Kier molecular flexibility index (Phi) is 3.76. The Morgan fingerprint density at radius 1 is 1.42 bits per heavy atom. The summed E-state index contributed by atoms with van der Waals surface area (Å²) in [6, 6.07) is 5.35. The number of carboxylic acid groups (broad SMARTS) is 1. The van der Waals surface area contributed by atoms with Crippen molar-refractivity contribution in [2.75, 3.05) is 6.54 Å². The minimum Gasteiger partial charge on any atom is -0.479 e. The fourth-order valence-electron chi connectivity index (χ4n) is 1.65. The predicted octanol–water partition coefficient (Wildman–Crippen LogP) is -0.100. The van der Waals surface area contributed by atoms with Crippen LogP contribution < -0.4 is 5.32 Å². The maximum atomic E-state index is 11.9. The number of carbonyl (C=O) groups is 2. The van der Waals surface area contributed by atoms with Crippen LogP contribution in [0.4, 0.5) is 0 Å². The monoisotopic (exact) mass is 263 g/mol. The molecular formula is C12H13N3O4. The van der Waals surface area contributed by atoms with E-state index in [2.05, 4.69) is 10.4 Å². The molecule has 7 nitrogen and oxygen atoms in total. The molecule has 0 unspecified atom stereocenters. The summed E-state index contributed by atoms with van der Waals surface area (Å²) in [5.41, 5.74) is 1.07. The minimum atomic E-state index is -1.47. The zero-order valence-corrected chi connectivity index (χ0v) is 9.98. The molecule has 0 fully saturated rings. The number of rotatable bonds is 5. The van der Waals surface area contributed by atoms with Crippen LogP contribution in [0.3, 0.4) is 0 Å². The van der Waals surface area contributed by atoms with Crippen LogP contribution in [-0.2, 0) is 4.79 Å². The van der Waals surface area contributed by atoms with E-state index in [0.29, 0.717) is 11.1 Å². The van der Waals surface area contributed by atoms with Gasteiger partial charge in [0.2, 0.25) is 0 Å². The largest absolute Gasteiger partial charge is 0.479 e. The number of amides is 1. The maximum absolute atomic E-state index is 11.9. The molecule has 1 atom stereocenters. The molecule has 100 valence electrons. The van der Waals surface area contributed by atoms with Crippen LogP contribution in [0.2, 0.25) is 0 Å². The van der Waals surface area contributed by atoms with Gasteiger partial charge in [-0.1, -0.05) is 6.07 Å². The van der Waals surface area contributed by atoms with E-state index in [-0.39, 0.29) is 18.9 Å². The highest BCUT2D eigenvalue weighted by atomic mass is 16.4. The second-order valence-corrected chi connectivity index (χ2v) is 3.99. The van der Waals surface area contributed by atoms with Gasteiger partial charge in [-0.15, -0.1) is 0 Å². The van der Waals surface area contributed by atoms with Gasteiger partial charge in [-0.2, -0.15) is 5.10 Å². The number of nitrogens with one attached hydrogen (secondary N) is 1. The fourth-order valence-corrected chi connectivity index (χ4v) is 1.65. The average Bonchev–Trinajstić information content (AvgIpc) is 2.82. The van der Waals surface area contributed by atoms with Gasteiger partial charge in [0.1, 0.15) is 0 Å². The van der Waals surface area contributed by atoms with Crippen molar-refractivity contribution in [2.45, 2.75) is 12.5 Å². The molecule has 0 aliphatic rings. The van der Waals surface area contributed by atoms with Crippen LogP contribution in [0.15, 0.2) is 30.6 Å². The van der Waals surface area contributed by atoms with Crippen LogP contribution in [0, 0.1) is 0 Å². The van der Waals surface area contributed by atoms with Gasteiger partial charge in [0.25, 0.3) is 5.91 Å². The first-order valence-electron chi connectivity index (χ1n) is 5.71. The number of aromatic nitrogens is 2. The van der Waals surface area contributed by atoms with E-state index >= 15 is 0 Å². The molecule has 3 N–H and O–H groups in total. The number of aliphatic hydroxyl groups is 1. The zero-order chi connectivity index (χ0) is 13.8. The highest BCUT2D eigenvalue weighted by Gasteiger charge is 2.15. The quantitative estimate of drug-likeness (QED) is 0.698. The minimum absolute atomic E-state index is 0.0414. The van der Waals surface area contributed by atoms with E-state index in [9.17, 15) is 9.59 Å². The van der Waals surface area contributed by atoms with Gasteiger partial charge in [0.05, 0.1) is 17.3 Å². The molecular weight excluding hydrogens is 250 g/mol. The second kappa shape index (κ2) is 5.49. The van der Waals surface area contributed by atoms with E-state index in [1.807, 2.05) is 0 Å². The molecule has 0 aliphatic heterocycles. The van der Waals surface area contributed by atoms with E-state index in [1.165, 1.54) is 6.20 Å². The summed E-state index contributed by atoms with van der Waals surface area (Å²) in [5.74, 6) is -1.65. The highest BCUT2D eigenvalue weighted by molar-refractivity contribution is 6.00. The lowest BCUT2D eigenvalue weighted by Crippen LogP contribution is -2.29. The molecule has 7 heteroatoms. The Hall–Kier alpha value is -2.41. The molecule has 19 heavy (non-hydrogen) atoms. The Morgan fingerprint density at radius 2 is 2.21 bits per heavy atom. The fraction of sp³-hybridized carbons (Fsp3) is 0.250. The summed E-state index contributed by atoms with van der Waals surface area (Å²) in [7, 11) is 0. The lowest BCUT2D eigenvalue weighted by Gasteiger charge is -2.06. The zero-order valence-electron chi connectivity index (χ0n) is 9.98. The third-order valence-electron chi connectivity index (χ3n) is 2.66. The molecule has 2 aromatic heterocycles. The Balaban J connectivity index is 1.99. The normalized spacial score (nSPS) is 12.3. The molecule has 2 rings (SSSR count). The third-order valence-corrected chi connectivity index (χ3v) is 2.66. The third kappa shape index (κ3) is 2.89. The lowest BCUT2D eigenvalue weighted by atomic mass is 10.2. The predicted molar refractivity (Wildman–Crippen MR) is 65.8 cm³/mol. The summed E-state index contributed by atoms with van der Waals surface area (Å²) < 4.78 is 1.57. The Labute approximate surface area is 108 Å². The first kappa shape index (κ1) is 13.0. The molecule has 2 heterocycles. The first-order valence-corrected chi connectivity index (χ1v) is 5.71. The molecule has 0 aliphatic carbocycles. The van der Waals surface area contributed by atoms with Gasteiger partial charge < -0.3 is 15.5 Å². The van der Waals surface area contributed by atoms with Gasteiger partial charge in [0, 0.05) is 19.2 Å². The van der Waals surface area contributed by atoms with Gasteiger partial charge in [0.15, 0.2) is 6.10 Å². The number of pyridine rings is 1. The van der Waals surface area contributed by atoms with E-state index < -0.39 is 12.1 Å². The molecule has 0 saturated heterocycles. The summed E-state index contributed by atoms with van der Waals surface area (Å²) in [6.45, 7) is 0.0798. The smallest absolute Gasteiger partial charge is 0.332 e. The summed E-state index contributed by atoms with van der Waals surface area (Å²) in [5, 5.41) is 24.1. The highest BCUT2D eigenvalue weighted by Crippen LogP contribution is 2.09. The van der Waals surface area contributed by atoms with Gasteiger partial charge in [-0.3, -0.25) is 4.79 Å². The van der Waals surface area contributed by atoms with Crippen molar-refractivity contribution in [1.29, 1.82) is 0 Å². The number of hydrogen-bond donors (Lipinski definition) is 3. The Bertz CT molecular complexity index is 608. The SMILES string of the molecule is O=C(NCC[C@H](O)C(=O)O)c1cnn2ccccc12. The molecule has 0 aromatic carbocycles. The van der Waals surface area contributed by atoms with E-state index in [1.54, 1.807) is 28.9 Å². The maximum Gasteiger partial charge on any atom is 0.332 e. The van der Waals surface area contributed by atoms with Gasteiger partial charge in [-0.05, 0) is 12.1 Å². The first-order chi connectivity index (χ1) is 9.09. The molecule has 0 bridgehead atoms. The van der Waals surface area contributed by atoms with Crippen molar-refractivity contribution < 1.29 is 19.8 Å². The number of carbonyl (C=O) groups excluding carboxylic acids is 1. The topological polar surface area (TPSA) is 104 Å². The van der Waals surface area contributed by atoms with Crippen molar-refractivity contribution >= 4 is 17.4 Å². The van der Waals surface area contributed by atoms with Crippen LogP contribution >= 0.6 is 0 Å². The Morgan fingerprint density at radius 3 is 2.95 bits per heavy atom. The standard InChI is InChI=1S/C12H13N3O4/c16-10(12(18)19)4-5-13-11(17)8-7-14-15-6-2-1-3-9(8)15/h1-3,6-7,10,16H,4-5H2,(H,13,17)(H,18,19)/t10-/m0/s1. The number of aliphatic carboxylic acids is 1. The van der Waals surface area contributed by atoms with Crippen molar-refractivity contribution in [3.63, 3.8) is 0 Å². The van der Waals surface area contributed by atoms with Crippen LogP contribution in [0.5, 0.6) is 0 Å². The van der Waals surface area contributed by atoms with Crippen molar-refractivity contribution in [3.8, 4) is 0 Å².